The summed E-state index contributed by atoms with van der Waals surface area (Å²) in [6, 6.07) is 22.1. The minimum Gasteiger partial charge on any atom is -0.493 e. The molecule has 2 heterocycles. The Balaban J connectivity index is 1.58. The van der Waals surface area contributed by atoms with Crippen LogP contribution in [0, 0.1) is 0 Å². The third kappa shape index (κ3) is 5.81. The second-order valence-corrected chi connectivity index (χ2v) is 10.3. The fourth-order valence-corrected chi connectivity index (χ4v) is 5.76. The Kier molecular flexibility index (Phi) is 8.35. The summed E-state index contributed by atoms with van der Waals surface area (Å²) >= 11 is 1.26. The van der Waals surface area contributed by atoms with Gasteiger partial charge in [-0.25, -0.2) is 9.79 Å². The minimum atomic E-state index is -0.757. The van der Waals surface area contributed by atoms with Gasteiger partial charge in [-0.05, 0) is 60.9 Å². The quantitative estimate of drug-likeness (QED) is 0.277. The van der Waals surface area contributed by atoms with Crippen LogP contribution in [0.15, 0.2) is 93.9 Å². The summed E-state index contributed by atoms with van der Waals surface area (Å²) < 4.78 is 24.3. The molecule has 9 heteroatoms. The van der Waals surface area contributed by atoms with E-state index in [1.54, 1.807) is 37.7 Å². The first-order valence-electron chi connectivity index (χ1n) is 13.1. The second-order valence-electron chi connectivity index (χ2n) is 9.26. The molecule has 0 aliphatic carbocycles. The van der Waals surface area contributed by atoms with Crippen LogP contribution in [0.4, 0.5) is 0 Å². The molecule has 0 bridgehead atoms. The van der Waals surface area contributed by atoms with E-state index in [2.05, 4.69) is 4.99 Å². The highest BCUT2D eigenvalue weighted by molar-refractivity contribution is 7.07. The molecule has 4 aromatic rings. The second kappa shape index (κ2) is 12.3. The summed E-state index contributed by atoms with van der Waals surface area (Å²) in [5, 5.41) is 0. The molecule has 210 valence electrons. The van der Waals surface area contributed by atoms with Crippen molar-refractivity contribution in [3.05, 3.63) is 120 Å². The van der Waals surface area contributed by atoms with Crippen LogP contribution in [0.2, 0.25) is 0 Å². The zero-order valence-corrected chi connectivity index (χ0v) is 24.1. The van der Waals surface area contributed by atoms with Crippen molar-refractivity contribution in [3.8, 4) is 17.2 Å². The van der Waals surface area contributed by atoms with Crippen molar-refractivity contribution in [2.24, 2.45) is 4.99 Å². The Labute approximate surface area is 241 Å². The lowest BCUT2D eigenvalue weighted by Gasteiger charge is -2.25. The number of methoxy groups -OCH3 is 2. The number of hydrogen-bond donors (Lipinski definition) is 0. The van der Waals surface area contributed by atoms with Gasteiger partial charge < -0.3 is 18.9 Å². The van der Waals surface area contributed by atoms with Gasteiger partial charge in [0.25, 0.3) is 5.56 Å². The largest absolute Gasteiger partial charge is 0.493 e. The standard InChI is InChI=1S/C32H30N2O6S/c1-5-39-31(36)28-20(2)33-32-34(29(28)23-14-15-25(37-3)26(18-23)38-4)30(35)27(41-32)17-22-12-9-13-24(16-22)40-19-21-10-7-6-8-11-21/h6-18,29H,5,19H2,1-4H3/b27-17+/t29-/m1/s1. The fourth-order valence-electron chi connectivity index (χ4n) is 4.72. The number of allylic oxidation sites excluding steroid dienone is 1. The highest BCUT2D eigenvalue weighted by atomic mass is 32.1. The molecule has 1 aromatic heterocycles. The van der Waals surface area contributed by atoms with Crippen LogP contribution in [-0.4, -0.2) is 31.4 Å². The first-order valence-corrected chi connectivity index (χ1v) is 13.9. The maximum Gasteiger partial charge on any atom is 0.338 e. The maximum atomic E-state index is 13.9. The highest BCUT2D eigenvalue weighted by Crippen LogP contribution is 2.36. The molecule has 0 saturated heterocycles. The monoisotopic (exact) mass is 570 g/mol. The van der Waals surface area contributed by atoms with Gasteiger partial charge >= 0.3 is 5.97 Å². The average molecular weight is 571 g/mol. The van der Waals surface area contributed by atoms with E-state index >= 15 is 0 Å². The molecule has 0 saturated carbocycles. The van der Waals surface area contributed by atoms with Crippen molar-refractivity contribution in [2.45, 2.75) is 26.5 Å². The van der Waals surface area contributed by atoms with E-state index in [0.29, 0.717) is 50.0 Å². The van der Waals surface area contributed by atoms with E-state index in [9.17, 15) is 9.59 Å². The van der Waals surface area contributed by atoms with E-state index in [4.69, 9.17) is 18.9 Å². The predicted molar refractivity (Wildman–Crippen MR) is 157 cm³/mol. The molecule has 5 rings (SSSR count). The van der Waals surface area contributed by atoms with Crippen LogP contribution < -0.4 is 29.1 Å². The zero-order chi connectivity index (χ0) is 28.9. The molecular formula is C32H30N2O6S. The van der Waals surface area contributed by atoms with E-state index < -0.39 is 12.0 Å². The van der Waals surface area contributed by atoms with E-state index in [-0.39, 0.29) is 12.2 Å². The molecule has 0 radical (unpaired) electrons. The number of fused-ring (bicyclic) bond motifs is 1. The third-order valence-corrected chi connectivity index (χ3v) is 7.63. The van der Waals surface area contributed by atoms with Crippen molar-refractivity contribution in [1.82, 2.24) is 4.57 Å². The Bertz CT molecular complexity index is 1790. The number of aromatic nitrogens is 1. The summed E-state index contributed by atoms with van der Waals surface area (Å²) in [5.41, 5.74) is 3.07. The first-order chi connectivity index (χ1) is 19.9. The summed E-state index contributed by atoms with van der Waals surface area (Å²) in [6.07, 6.45) is 1.81. The molecule has 1 atom stereocenters. The number of ether oxygens (including phenoxy) is 4. The van der Waals surface area contributed by atoms with Crippen molar-refractivity contribution in [2.75, 3.05) is 20.8 Å². The Morgan fingerprint density at radius 1 is 1.00 bits per heavy atom. The smallest absolute Gasteiger partial charge is 0.338 e. The highest BCUT2D eigenvalue weighted by Gasteiger charge is 2.33. The molecule has 1 aliphatic heterocycles. The Morgan fingerprint density at radius 3 is 2.51 bits per heavy atom. The predicted octanol–water partition coefficient (Wildman–Crippen LogP) is 4.39. The Hall–Kier alpha value is -4.63. The molecular weight excluding hydrogens is 540 g/mol. The SMILES string of the molecule is CCOC(=O)C1=C(C)N=c2s/c(=C/c3cccc(OCc4ccccc4)c3)c(=O)n2[C@@H]1c1ccc(OC)c(OC)c1. The summed E-state index contributed by atoms with van der Waals surface area (Å²) in [7, 11) is 3.09. The Morgan fingerprint density at radius 2 is 1.78 bits per heavy atom. The van der Waals surface area contributed by atoms with E-state index in [0.717, 1.165) is 11.1 Å². The van der Waals surface area contributed by atoms with Crippen LogP contribution >= 0.6 is 11.3 Å². The zero-order valence-electron chi connectivity index (χ0n) is 23.2. The van der Waals surface area contributed by atoms with Gasteiger partial charge in [-0.2, -0.15) is 0 Å². The number of nitrogens with zero attached hydrogens (tertiary/aromatic N) is 2. The van der Waals surface area contributed by atoms with Crippen LogP contribution in [0.1, 0.15) is 36.6 Å². The van der Waals surface area contributed by atoms with Crippen molar-refractivity contribution < 1.29 is 23.7 Å². The van der Waals surface area contributed by atoms with Gasteiger partial charge in [0.1, 0.15) is 12.4 Å². The lowest BCUT2D eigenvalue weighted by atomic mass is 9.95. The summed E-state index contributed by atoms with van der Waals surface area (Å²) in [5.74, 6) is 1.19. The molecule has 8 nitrogen and oxygen atoms in total. The fraction of sp³-hybridized carbons (Fsp3) is 0.219. The van der Waals surface area contributed by atoms with Gasteiger partial charge in [-0.3, -0.25) is 9.36 Å². The van der Waals surface area contributed by atoms with Gasteiger partial charge in [-0.15, -0.1) is 0 Å². The normalized spacial score (nSPS) is 14.7. The van der Waals surface area contributed by atoms with Gasteiger partial charge in [-0.1, -0.05) is 59.9 Å². The molecule has 0 N–H and O–H groups in total. The molecule has 0 spiro atoms. The van der Waals surface area contributed by atoms with Crippen molar-refractivity contribution >= 4 is 23.4 Å². The molecule has 3 aromatic carbocycles. The number of benzene rings is 3. The molecule has 0 fully saturated rings. The van der Waals surface area contributed by atoms with Crippen molar-refractivity contribution in [3.63, 3.8) is 0 Å². The number of carbonyl (C=O) groups is 1. The third-order valence-electron chi connectivity index (χ3n) is 6.64. The lowest BCUT2D eigenvalue weighted by Crippen LogP contribution is -2.39. The molecule has 0 unspecified atom stereocenters. The average Bonchev–Trinajstić information content (AvgIpc) is 3.29. The number of hydrogen-bond acceptors (Lipinski definition) is 8. The first kappa shape index (κ1) is 27.9. The summed E-state index contributed by atoms with van der Waals surface area (Å²) in [6.45, 7) is 4.13. The van der Waals surface area contributed by atoms with Gasteiger partial charge in [0, 0.05) is 0 Å². The number of rotatable bonds is 9. The van der Waals surface area contributed by atoms with Gasteiger partial charge in [0.15, 0.2) is 16.3 Å². The minimum absolute atomic E-state index is 0.196. The van der Waals surface area contributed by atoms with Crippen molar-refractivity contribution in [1.29, 1.82) is 0 Å². The molecule has 41 heavy (non-hydrogen) atoms. The van der Waals surface area contributed by atoms with Crippen LogP contribution in [0.5, 0.6) is 17.2 Å². The van der Waals surface area contributed by atoms with Crippen LogP contribution in [0.25, 0.3) is 6.08 Å². The molecule has 0 amide bonds. The summed E-state index contributed by atoms with van der Waals surface area (Å²) in [4.78, 5) is 32.2. The number of carbonyl (C=O) groups excluding carboxylic acids is 1. The van der Waals surface area contributed by atoms with Crippen LogP contribution in [-0.2, 0) is 16.1 Å². The van der Waals surface area contributed by atoms with E-state index in [1.165, 1.54) is 18.4 Å². The lowest BCUT2D eigenvalue weighted by molar-refractivity contribution is -0.139. The van der Waals surface area contributed by atoms with E-state index in [1.807, 2.05) is 66.7 Å². The topological polar surface area (TPSA) is 88.4 Å². The number of thiazole rings is 1. The van der Waals surface area contributed by atoms with Crippen LogP contribution in [0.3, 0.4) is 0 Å². The van der Waals surface area contributed by atoms with Gasteiger partial charge in [0.05, 0.1) is 42.7 Å². The number of esters is 1. The maximum absolute atomic E-state index is 13.9. The van der Waals surface area contributed by atoms with Gasteiger partial charge in [0.2, 0.25) is 0 Å². The molecule has 1 aliphatic rings.